The zero-order valence-electron chi connectivity index (χ0n) is 12.9. The molecule has 2 aliphatic rings. The van der Waals surface area contributed by atoms with Gasteiger partial charge in [0.15, 0.2) is 0 Å². The van der Waals surface area contributed by atoms with E-state index in [2.05, 4.69) is 5.32 Å². The van der Waals surface area contributed by atoms with Crippen LogP contribution in [0.5, 0.6) is 0 Å². The number of benzene rings is 1. The van der Waals surface area contributed by atoms with E-state index < -0.39 is 6.04 Å². The molecule has 1 N–H and O–H groups in total. The van der Waals surface area contributed by atoms with E-state index in [9.17, 15) is 9.59 Å². The molecule has 22 heavy (non-hydrogen) atoms. The highest BCUT2D eigenvalue weighted by atomic mass is 35.5. The van der Waals surface area contributed by atoms with Crippen molar-refractivity contribution in [3.63, 3.8) is 0 Å². The molecule has 2 atom stereocenters. The number of rotatable bonds is 2. The Labute approximate surface area is 139 Å². The number of thioether (sulfide) groups is 1. The van der Waals surface area contributed by atoms with E-state index in [0.717, 1.165) is 17.5 Å². The molecular weight excluding hydrogens is 320 g/mol. The molecule has 6 heteroatoms. The van der Waals surface area contributed by atoms with Crippen molar-refractivity contribution in [1.29, 1.82) is 0 Å². The van der Waals surface area contributed by atoms with Gasteiger partial charge in [0.1, 0.15) is 6.04 Å². The Morgan fingerprint density at radius 2 is 2.18 bits per heavy atom. The summed E-state index contributed by atoms with van der Waals surface area (Å²) in [6.07, 6.45) is 1.34. The third kappa shape index (κ3) is 2.50. The van der Waals surface area contributed by atoms with E-state index >= 15 is 0 Å². The van der Waals surface area contributed by atoms with Crippen LogP contribution < -0.4 is 5.32 Å². The minimum absolute atomic E-state index is 0.0689. The summed E-state index contributed by atoms with van der Waals surface area (Å²) in [5.74, 6) is 0.552. The molecule has 2 saturated heterocycles. The maximum absolute atomic E-state index is 12.7. The van der Waals surface area contributed by atoms with Crippen molar-refractivity contribution in [2.24, 2.45) is 0 Å². The fourth-order valence-corrected chi connectivity index (χ4v) is 5.10. The molecule has 0 bridgehead atoms. The van der Waals surface area contributed by atoms with Gasteiger partial charge in [-0.15, -0.1) is 11.8 Å². The minimum Gasteiger partial charge on any atom is -0.323 e. The maximum Gasteiger partial charge on any atom is 0.248 e. The summed E-state index contributed by atoms with van der Waals surface area (Å²) < 4.78 is 0. The average molecular weight is 339 g/mol. The largest absolute Gasteiger partial charge is 0.323 e. The summed E-state index contributed by atoms with van der Waals surface area (Å²) in [4.78, 5) is 26.3. The van der Waals surface area contributed by atoms with Crippen LogP contribution in [-0.4, -0.2) is 33.4 Å². The number of anilines is 1. The third-order valence-corrected chi connectivity index (χ3v) is 6.23. The van der Waals surface area contributed by atoms with Gasteiger partial charge in [0.25, 0.3) is 0 Å². The maximum atomic E-state index is 12.7. The standard InChI is InChI=1S/C16H19ClN2O2S/c1-9-6-10(2)14(11(17)7-9)18-15(21)12-8-22-16(3)5-4-13(20)19(12)16/h6-7,12H,4-5,8H2,1-3H3,(H,18,21)/t12-,16-/m0/s1. The van der Waals surface area contributed by atoms with Gasteiger partial charge in [0.2, 0.25) is 11.8 Å². The highest BCUT2D eigenvalue weighted by Gasteiger charge is 2.52. The fraction of sp³-hybridized carbons (Fsp3) is 0.500. The zero-order valence-corrected chi connectivity index (χ0v) is 14.5. The minimum atomic E-state index is -0.415. The third-order valence-electron chi connectivity index (χ3n) is 4.43. The van der Waals surface area contributed by atoms with Crippen molar-refractivity contribution >= 4 is 40.9 Å². The van der Waals surface area contributed by atoms with Gasteiger partial charge in [-0.3, -0.25) is 9.59 Å². The van der Waals surface area contributed by atoms with E-state index in [-0.39, 0.29) is 16.7 Å². The van der Waals surface area contributed by atoms with Crippen molar-refractivity contribution in [2.45, 2.75) is 44.5 Å². The van der Waals surface area contributed by atoms with E-state index in [4.69, 9.17) is 11.6 Å². The van der Waals surface area contributed by atoms with E-state index in [1.165, 1.54) is 0 Å². The molecule has 3 rings (SSSR count). The highest BCUT2D eigenvalue weighted by molar-refractivity contribution is 8.01. The van der Waals surface area contributed by atoms with Gasteiger partial charge in [-0.1, -0.05) is 17.7 Å². The number of nitrogens with one attached hydrogen (secondary N) is 1. The molecule has 118 valence electrons. The van der Waals surface area contributed by atoms with E-state index in [1.807, 2.05) is 32.9 Å². The summed E-state index contributed by atoms with van der Waals surface area (Å²) >= 11 is 7.94. The number of halogens is 1. The Balaban J connectivity index is 1.83. The second kappa shape index (κ2) is 5.46. The topological polar surface area (TPSA) is 49.4 Å². The lowest BCUT2D eigenvalue weighted by Gasteiger charge is -2.30. The monoisotopic (exact) mass is 338 g/mol. The molecule has 2 aliphatic heterocycles. The molecule has 0 aromatic heterocycles. The van der Waals surface area contributed by atoms with Crippen LogP contribution in [0.25, 0.3) is 0 Å². The van der Waals surface area contributed by atoms with Crippen LogP contribution in [0.1, 0.15) is 30.9 Å². The summed E-state index contributed by atoms with van der Waals surface area (Å²) in [6, 6.07) is 3.40. The molecule has 0 spiro atoms. The van der Waals surface area contributed by atoms with Crippen molar-refractivity contribution in [1.82, 2.24) is 4.90 Å². The van der Waals surface area contributed by atoms with Gasteiger partial charge >= 0.3 is 0 Å². The molecular formula is C16H19ClN2O2S. The average Bonchev–Trinajstić information content (AvgIpc) is 2.91. The predicted molar refractivity (Wildman–Crippen MR) is 90.3 cm³/mol. The van der Waals surface area contributed by atoms with Gasteiger partial charge in [0, 0.05) is 12.2 Å². The smallest absolute Gasteiger partial charge is 0.248 e. The fourth-order valence-electron chi connectivity index (χ4n) is 3.30. The Hall–Kier alpha value is -1.20. The Bertz CT molecular complexity index is 641. The van der Waals surface area contributed by atoms with Gasteiger partial charge < -0.3 is 10.2 Å². The number of hydrogen-bond donors (Lipinski definition) is 1. The SMILES string of the molecule is Cc1cc(C)c(NC(=O)[C@@H]2CS[C@@]3(C)CCC(=O)N23)c(Cl)c1. The summed E-state index contributed by atoms with van der Waals surface area (Å²) in [5.41, 5.74) is 2.63. The molecule has 4 nitrogen and oxygen atoms in total. The van der Waals surface area contributed by atoms with Crippen LogP contribution in [0.4, 0.5) is 5.69 Å². The first-order valence-corrected chi connectivity index (χ1v) is 8.72. The van der Waals surface area contributed by atoms with Gasteiger partial charge in [0.05, 0.1) is 15.6 Å². The molecule has 2 fully saturated rings. The number of carbonyl (C=O) groups is 2. The van der Waals surface area contributed by atoms with E-state index in [1.54, 1.807) is 16.7 Å². The first-order chi connectivity index (χ1) is 10.3. The molecule has 0 saturated carbocycles. The van der Waals surface area contributed by atoms with E-state index in [0.29, 0.717) is 22.9 Å². The molecule has 2 heterocycles. The molecule has 0 unspecified atom stereocenters. The second-order valence-corrected chi connectivity index (χ2v) is 8.10. The summed E-state index contributed by atoms with van der Waals surface area (Å²) in [6.45, 7) is 5.93. The van der Waals surface area contributed by atoms with Crippen molar-refractivity contribution < 1.29 is 9.59 Å². The lowest BCUT2D eigenvalue weighted by atomic mass is 10.1. The number of hydrogen-bond acceptors (Lipinski definition) is 3. The molecule has 0 aliphatic carbocycles. The van der Waals surface area contributed by atoms with Crippen LogP contribution in [0, 0.1) is 13.8 Å². The lowest BCUT2D eigenvalue weighted by molar-refractivity contribution is -0.135. The zero-order chi connectivity index (χ0) is 16.1. The Morgan fingerprint density at radius 3 is 2.86 bits per heavy atom. The highest BCUT2D eigenvalue weighted by Crippen LogP contribution is 2.47. The normalized spacial score (nSPS) is 27.2. The molecule has 1 aromatic rings. The molecule has 1 aromatic carbocycles. The lowest BCUT2D eigenvalue weighted by Crippen LogP contribution is -2.48. The number of aryl methyl sites for hydroxylation is 2. The van der Waals surface area contributed by atoms with Gasteiger partial charge in [-0.2, -0.15) is 0 Å². The summed E-state index contributed by atoms with van der Waals surface area (Å²) in [5, 5.41) is 3.45. The number of nitrogens with zero attached hydrogens (tertiary/aromatic N) is 1. The van der Waals surface area contributed by atoms with Crippen LogP contribution >= 0.6 is 23.4 Å². The number of amides is 2. The number of fused-ring (bicyclic) bond motifs is 1. The van der Waals surface area contributed by atoms with Gasteiger partial charge in [-0.25, -0.2) is 0 Å². The van der Waals surface area contributed by atoms with Gasteiger partial charge in [-0.05, 0) is 44.4 Å². The Morgan fingerprint density at radius 1 is 1.45 bits per heavy atom. The molecule has 0 radical (unpaired) electrons. The van der Waals surface area contributed by atoms with Crippen LogP contribution in [0.15, 0.2) is 12.1 Å². The first-order valence-electron chi connectivity index (χ1n) is 7.35. The first kappa shape index (κ1) is 15.7. The number of carbonyl (C=O) groups excluding carboxylic acids is 2. The predicted octanol–water partition coefficient (Wildman–Crippen LogP) is 3.35. The Kier molecular flexibility index (Phi) is 3.89. The van der Waals surface area contributed by atoms with Crippen molar-refractivity contribution in [2.75, 3.05) is 11.1 Å². The van der Waals surface area contributed by atoms with Crippen molar-refractivity contribution in [3.8, 4) is 0 Å². The molecule has 2 amide bonds. The quantitative estimate of drug-likeness (QED) is 0.899. The second-order valence-electron chi connectivity index (χ2n) is 6.19. The summed E-state index contributed by atoms with van der Waals surface area (Å²) in [7, 11) is 0. The van der Waals surface area contributed by atoms with Crippen LogP contribution in [-0.2, 0) is 9.59 Å². The van der Waals surface area contributed by atoms with Crippen LogP contribution in [0.3, 0.4) is 0 Å². The van der Waals surface area contributed by atoms with Crippen LogP contribution in [0.2, 0.25) is 5.02 Å². The van der Waals surface area contributed by atoms with Crippen molar-refractivity contribution in [3.05, 3.63) is 28.3 Å².